The minimum Gasteiger partial charge on any atom is -0.379 e. The molecule has 0 radical (unpaired) electrons. The third-order valence-corrected chi connectivity index (χ3v) is 8.48. The van der Waals surface area contributed by atoms with E-state index in [9.17, 15) is 13.2 Å². The number of benzene rings is 2. The van der Waals surface area contributed by atoms with E-state index in [1.54, 1.807) is 0 Å². The van der Waals surface area contributed by atoms with E-state index in [0.29, 0.717) is 37.0 Å². The Morgan fingerprint density at radius 2 is 1.77 bits per heavy atom. The van der Waals surface area contributed by atoms with Crippen LogP contribution in [0.3, 0.4) is 0 Å². The van der Waals surface area contributed by atoms with Crippen molar-refractivity contribution in [1.82, 2.24) is 9.29 Å². The zero-order valence-corrected chi connectivity index (χ0v) is 18.3. The van der Waals surface area contributed by atoms with Gasteiger partial charge >= 0.3 is 0 Å². The van der Waals surface area contributed by atoms with Crippen LogP contribution in [-0.4, -0.2) is 49.9 Å². The van der Waals surface area contributed by atoms with Crippen LogP contribution < -0.4 is 5.32 Å². The van der Waals surface area contributed by atoms with Crippen molar-refractivity contribution in [2.24, 2.45) is 0 Å². The Morgan fingerprint density at radius 3 is 2.55 bits per heavy atom. The van der Waals surface area contributed by atoms with Gasteiger partial charge in [0.05, 0.1) is 23.8 Å². The van der Waals surface area contributed by atoms with E-state index >= 15 is 0 Å². The minimum absolute atomic E-state index is 0.173. The van der Waals surface area contributed by atoms with Crippen LogP contribution in [0.5, 0.6) is 0 Å². The monoisotopic (exact) mass is 455 g/mol. The van der Waals surface area contributed by atoms with E-state index in [-0.39, 0.29) is 10.8 Å². The number of nitrogens with zero attached hydrogens (tertiary/aromatic N) is 2. The topological polar surface area (TPSA) is 88.6 Å². The Labute approximate surface area is 184 Å². The van der Waals surface area contributed by atoms with Crippen LogP contribution in [0, 0.1) is 0 Å². The van der Waals surface area contributed by atoms with E-state index in [0.717, 1.165) is 24.1 Å². The lowest BCUT2D eigenvalue weighted by molar-refractivity contribution is 0.0730. The maximum atomic E-state index is 12.7. The highest BCUT2D eigenvalue weighted by molar-refractivity contribution is 7.89. The second kappa shape index (κ2) is 8.16. The molecule has 3 aromatic rings. The molecule has 160 valence electrons. The maximum Gasteiger partial charge on any atom is 0.257 e. The van der Waals surface area contributed by atoms with Gasteiger partial charge in [-0.15, -0.1) is 11.3 Å². The highest BCUT2D eigenvalue weighted by atomic mass is 32.2. The van der Waals surface area contributed by atoms with Crippen LogP contribution >= 0.6 is 11.3 Å². The van der Waals surface area contributed by atoms with Gasteiger partial charge in [0, 0.05) is 29.1 Å². The summed E-state index contributed by atoms with van der Waals surface area (Å²) >= 11 is 1.49. The molecule has 9 heteroatoms. The molecule has 2 heterocycles. The van der Waals surface area contributed by atoms with Crippen LogP contribution in [0.1, 0.15) is 20.8 Å². The third-order valence-electron chi connectivity index (χ3n) is 5.54. The zero-order valence-electron chi connectivity index (χ0n) is 16.7. The van der Waals surface area contributed by atoms with Crippen molar-refractivity contribution in [3.8, 4) is 11.3 Å². The molecule has 31 heavy (non-hydrogen) atoms. The molecule has 1 fully saturated rings. The van der Waals surface area contributed by atoms with E-state index in [4.69, 9.17) is 4.74 Å². The fourth-order valence-electron chi connectivity index (χ4n) is 3.89. The Morgan fingerprint density at radius 1 is 1.03 bits per heavy atom. The molecule has 2 aromatic carbocycles. The van der Waals surface area contributed by atoms with Crippen molar-refractivity contribution in [3.05, 3.63) is 64.5 Å². The van der Waals surface area contributed by atoms with Gasteiger partial charge in [-0.05, 0) is 42.7 Å². The average Bonchev–Trinajstić information content (AvgIpc) is 3.23. The van der Waals surface area contributed by atoms with Gasteiger partial charge in [-0.2, -0.15) is 4.31 Å². The van der Waals surface area contributed by atoms with E-state index in [2.05, 4.69) is 22.4 Å². The number of anilines is 1. The molecule has 1 amide bonds. The molecule has 1 aromatic heterocycles. The molecule has 1 aliphatic heterocycles. The first kappa shape index (κ1) is 20.3. The predicted molar refractivity (Wildman–Crippen MR) is 119 cm³/mol. The number of aryl methyl sites for hydroxylation is 2. The zero-order chi connectivity index (χ0) is 21.4. The van der Waals surface area contributed by atoms with Crippen molar-refractivity contribution in [1.29, 1.82) is 0 Å². The first-order chi connectivity index (χ1) is 15.0. The van der Waals surface area contributed by atoms with Crippen LogP contribution in [0.2, 0.25) is 0 Å². The molecule has 1 saturated heterocycles. The molecular weight excluding hydrogens is 434 g/mol. The Kier molecular flexibility index (Phi) is 5.35. The Hall–Kier alpha value is -2.59. The summed E-state index contributed by atoms with van der Waals surface area (Å²) in [7, 11) is -3.58. The number of nitrogens with one attached hydrogen (secondary N) is 1. The van der Waals surface area contributed by atoms with Gasteiger partial charge in [-0.1, -0.05) is 24.3 Å². The number of ether oxygens (including phenoxy) is 1. The lowest BCUT2D eigenvalue weighted by Crippen LogP contribution is -2.40. The number of carbonyl (C=O) groups is 1. The van der Waals surface area contributed by atoms with Crippen LogP contribution in [0.4, 0.5) is 5.13 Å². The lowest BCUT2D eigenvalue weighted by Gasteiger charge is -2.26. The summed E-state index contributed by atoms with van der Waals surface area (Å²) in [4.78, 5) is 18.7. The van der Waals surface area contributed by atoms with Gasteiger partial charge in [0.1, 0.15) is 0 Å². The van der Waals surface area contributed by atoms with Crippen molar-refractivity contribution >= 4 is 32.4 Å². The van der Waals surface area contributed by atoms with Gasteiger partial charge in [0.25, 0.3) is 5.91 Å². The summed E-state index contributed by atoms with van der Waals surface area (Å²) in [6, 6.07) is 14.2. The lowest BCUT2D eigenvalue weighted by atomic mass is 9.94. The Bertz CT molecular complexity index is 1230. The molecule has 0 bridgehead atoms. The van der Waals surface area contributed by atoms with Crippen LogP contribution in [-0.2, 0) is 27.6 Å². The highest BCUT2D eigenvalue weighted by Gasteiger charge is 2.26. The number of morpholine rings is 1. The molecule has 7 nitrogen and oxygen atoms in total. The van der Waals surface area contributed by atoms with Gasteiger partial charge in [0.15, 0.2) is 5.13 Å². The molecule has 0 atom stereocenters. The molecule has 1 N–H and O–H groups in total. The predicted octanol–water partition coefficient (Wildman–Crippen LogP) is 3.18. The quantitative estimate of drug-likeness (QED) is 0.653. The minimum atomic E-state index is -3.58. The second-order valence-electron chi connectivity index (χ2n) is 7.44. The first-order valence-corrected chi connectivity index (χ1v) is 12.4. The summed E-state index contributed by atoms with van der Waals surface area (Å²) in [6.07, 6.45) is 1.88. The molecule has 5 rings (SSSR count). The van der Waals surface area contributed by atoms with Crippen LogP contribution in [0.25, 0.3) is 11.3 Å². The normalized spacial score (nSPS) is 16.4. The van der Waals surface area contributed by atoms with Gasteiger partial charge < -0.3 is 4.74 Å². The number of thiazole rings is 1. The van der Waals surface area contributed by atoms with Crippen LogP contribution in [0.15, 0.2) is 53.4 Å². The Balaban J connectivity index is 1.32. The van der Waals surface area contributed by atoms with Crippen molar-refractivity contribution in [2.75, 3.05) is 31.6 Å². The summed E-state index contributed by atoms with van der Waals surface area (Å²) < 4.78 is 32.1. The smallest absolute Gasteiger partial charge is 0.257 e. The molecule has 0 spiro atoms. The largest absolute Gasteiger partial charge is 0.379 e. The highest BCUT2D eigenvalue weighted by Crippen LogP contribution is 2.38. The van der Waals surface area contributed by atoms with E-state index in [1.807, 2.05) is 12.1 Å². The number of fused-ring (bicyclic) bond motifs is 3. The SMILES string of the molecule is O=C(Nc1nc2c(s1)CCc1ccccc1-2)c1ccc(S(=O)(=O)N2CCOCC2)cc1. The average molecular weight is 456 g/mol. The first-order valence-electron chi connectivity index (χ1n) is 10.1. The standard InChI is InChI=1S/C22H21N3O4S2/c26-21(16-5-8-17(9-6-16)31(27,28)25-11-13-29-14-12-25)24-22-23-20-18-4-2-1-3-15(18)7-10-19(20)30-22/h1-6,8-9H,7,10-14H2,(H,23,24,26). The van der Waals surface area contributed by atoms with Gasteiger partial charge in [0.2, 0.25) is 10.0 Å². The molecule has 1 aliphatic carbocycles. The maximum absolute atomic E-state index is 12.7. The number of carbonyl (C=O) groups excluding carboxylic acids is 1. The summed E-state index contributed by atoms with van der Waals surface area (Å²) in [6.45, 7) is 1.45. The third kappa shape index (κ3) is 3.89. The molecule has 0 unspecified atom stereocenters. The number of hydrogen-bond acceptors (Lipinski definition) is 6. The second-order valence-corrected chi connectivity index (χ2v) is 10.5. The summed E-state index contributed by atoms with van der Waals surface area (Å²) in [5.41, 5.74) is 3.72. The van der Waals surface area contributed by atoms with E-state index < -0.39 is 10.0 Å². The number of hydrogen-bond donors (Lipinski definition) is 1. The van der Waals surface area contributed by atoms with Gasteiger partial charge in [-0.3, -0.25) is 10.1 Å². The fourth-order valence-corrected chi connectivity index (χ4v) is 6.26. The number of rotatable bonds is 4. The fraction of sp³-hybridized carbons (Fsp3) is 0.273. The van der Waals surface area contributed by atoms with E-state index in [1.165, 1.54) is 50.3 Å². The number of sulfonamides is 1. The van der Waals surface area contributed by atoms with Gasteiger partial charge in [-0.25, -0.2) is 13.4 Å². The molecule has 0 saturated carbocycles. The number of aromatic nitrogens is 1. The summed E-state index contributed by atoms with van der Waals surface area (Å²) in [5, 5.41) is 3.41. The number of amides is 1. The molecular formula is C22H21N3O4S2. The van der Waals surface area contributed by atoms with Crippen molar-refractivity contribution in [2.45, 2.75) is 17.7 Å². The van der Waals surface area contributed by atoms with Crippen molar-refractivity contribution < 1.29 is 17.9 Å². The van der Waals surface area contributed by atoms with Crippen molar-refractivity contribution in [3.63, 3.8) is 0 Å². The summed E-state index contributed by atoms with van der Waals surface area (Å²) in [5.74, 6) is -0.310. The molecule has 2 aliphatic rings.